The van der Waals surface area contributed by atoms with Gasteiger partial charge in [0.2, 0.25) is 0 Å². The first-order valence-electron chi connectivity index (χ1n) is 5.50. The Balaban J connectivity index is 2.31. The number of carbonyl (C=O) groups is 1. The summed E-state index contributed by atoms with van der Waals surface area (Å²) in [4.78, 5) is 12.3. The van der Waals surface area contributed by atoms with Crippen LogP contribution in [0.15, 0.2) is 45.3 Å². The second kappa shape index (κ2) is 6.37. The molecule has 98 valence electrons. The van der Waals surface area contributed by atoms with Crippen molar-refractivity contribution in [3.8, 4) is 0 Å². The van der Waals surface area contributed by atoms with Crippen LogP contribution >= 0.6 is 54.5 Å². The molecule has 0 saturated heterocycles. The summed E-state index contributed by atoms with van der Waals surface area (Å²) >= 11 is 9.10. The number of hydrogen-bond acceptors (Lipinski definition) is 1. The molecule has 0 heterocycles. The summed E-state index contributed by atoms with van der Waals surface area (Å²) in [6.45, 7) is 1.96. The molecule has 0 saturated carbocycles. The molecule has 2 nitrogen and oxygen atoms in total. The van der Waals surface area contributed by atoms with E-state index in [0.717, 1.165) is 23.8 Å². The van der Waals surface area contributed by atoms with Crippen molar-refractivity contribution >= 4 is 66.0 Å². The van der Waals surface area contributed by atoms with Gasteiger partial charge in [0.15, 0.2) is 0 Å². The second-order valence-corrected chi connectivity index (χ2v) is 6.91. The van der Waals surface area contributed by atoms with E-state index in [2.05, 4.69) is 59.8 Å². The summed E-state index contributed by atoms with van der Waals surface area (Å²) in [6, 6.07) is 11.5. The van der Waals surface area contributed by atoms with Gasteiger partial charge in [-0.25, -0.2) is 0 Å². The van der Waals surface area contributed by atoms with E-state index in [9.17, 15) is 4.79 Å². The van der Waals surface area contributed by atoms with Gasteiger partial charge in [0.1, 0.15) is 0 Å². The number of carbonyl (C=O) groups excluding carboxylic acids is 1. The van der Waals surface area contributed by atoms with E-state index >= 15 is 0 Å². The fourth-order valence-corrected chi connectivity index (χ4v) is 2.89. The van der Waals surface area contributed by atoms with E-state index in [0.29, 0.717) is 5.56 Å². The number of aryl methyl sites for hydroxylation is 1. The van der Waals surface area contributed by atoms with Crippen molar-refractivity contribution < 1.29 is 4.79 Å². The van der Waals surface area contributed by atoms with Crippen LogP contribution in [-0.4, -0.2) is 5.91 Å². The van der Waals surface area contributed by atoms with Crippen LogP contribution in [0.25, 0.3) is 0 Å². The first-order valence-corrected chi connectivity index (χ1v) is 8.17. The first-order chi connectivity index (χ1) is 8.99. The largest absolute Gasteiger partial charge is 0.321 e. The van der Waals surface area contributed by atoms with Crippen molar-refractivity contribution in [3.05, 3.63) is 60.0 Å². The maximum Gasteiger partial charge on any atom is 0.256 e. The van der Waals surface area contributed by atoms with E-state index < -0.39 is 0 Å². The van der Waals surface area contributed by atoms with Crippen LogP contribution in [0.4, 0.5) is 5.69 Å². The van der Waals surface area contributed by atoms with Crippen LogP contribution in [0.3, 0.4) is 0 Å². The van der Waals surface area contributed by atoms with E-state index in [-0.39, 0.29) is 5.91 Å². The van der Waals surface area contributed by atoms with Crippen LogP contribution < -0.4 is 5.32 Å². The highest BCUT2D eigenvalue weighted by atomic mass is 127. The van der Waals surface area contributed by atoms with E-state index in [1.807, 2.05) is 37.3 Å². The fraction of sp³-hybridized carbons (Fsp3) is 0.0714. The molecule has 5 heteroatoms. The van der Waals surface area contributed by atoms with Crippen LogP contribution in [0, 0.1) is 10.5 Å². The number of halogens is 3. The molecule has 0 fully saturated rings. The highest BCUT2D eigenvalue weighted by Crippen LogP contribution is 2.27. The zero-order chi connectivity index (χ0) is 14.0. The van der Waals surface area contributed by atoms with Gasteiger partial charge >= 0.3 is 0 Å². The zero-order valence-electron chi connectivity index (χ0n) is 10.0. The topological polar surface area (TPSA) is 29.1 Å². The molecule has 2 aromatic rings. The lowest BCUT2D eigenvalue weighted by molar-refractivity contribution is 0.102. The lowest BCUT2D eigenvalue weighted by Crippen LogP contribution is -2.13. The Morgan fingerprint density at radius 3 is 2.68 bits per heavy atom. The molecule has 0 bridgehead atoms. The third kappa shape index (κ3) is 3.58. The zero-order valence-corrected chi connectivity index (χ0v) is 15.3. The van der Waals surface area contributed by atoms with Gasteiger partial charge in [-0.1, -0.05) is 12.1 Å². The van der Waals surface area contributed by atoms with Crippen molar-refractivity contribution in [1.29, 1.82) is 0 Å². The van der Waals surface area contributed by atoms with Gasteiger partial charge in [0.25, 0.3) is 5.91 Å². The van der Waals surface area contributed by atoms with Gasteiger partial charge in [-0.3, -0.25) is 4.79 Å². The molecular weight excluding hydrogens is 485 g/mol. The third-order valence-electron chi connectivity index (χ3n) is 2.61. The van der Waals surface area contributed by atoms with Gasteiger partial charge in [-0.05, 0) is 91.2 Å². The lowest BCUT2D eigenvalue weighted by atomic mass is 10.1. The predicted molar refractivity (Wildman–Crippen MR) is 93.7 cm³/mol. The standard InChI is InChI=1S/C14H10Br2INO/c1-8-3-2-4-10(13(8)16)14(19)18-12-7-9(17)5-6-11(12)15/h2-7H,1H3,(H,18,19). The number of hydrogen-bond donors (Lipinski definition) is 1. The average Bonchev–Trinajstić information content (AvgIpc) is 2.37. The number of nitrogens with one attached hydrogen (secondary N) is 1. The minimum absolute atomic E-state index is 0.127. The predicted octanol–water partition coefficient (Wildman–Crippen LogP) is 5.38. The minimum Gasteiger partial charge on any atom is -0.321 e. The summed E-state index contributed by atoms with van der Waals surface area (Å²) in [7, 11) is 0. The van der Waals surface area contributed by atoms with Crippen molar-refractivity contribution in [2.75, 3.05) is 5.32 Å². The van der Waals surface area contributed by atoms with Gasteiger partial charge in [0.05, 0.1) is 11.3 Å². The summed E-state index contributed by atoms with van der Waals surface area (Å²) in [5.41, 5.74) is 2.44. The van der Waals surface area contributed by atoms with Gasteiger partial charge < -0.3 is 5.32 Å². The van der Waals surface area contributed by atoms with Crippen molar-refractivity contribution in [3.63, 3.8) is 0 Å². The van der Waals surface area contributed by atoms with Crippen LogP contribution in [-0.2, 0) is 0 Å². The van der Waals surface area contributed by atoms with Crippen LogP contribution in [0.1, 0.15) is 15.9 Å². The molecule has 19 heavy (non-hydrogen) atoms. The average molecular weight is 495 g/mol. The van der Waals surface area contributed by atoms with Gasteiger partial charge in [0, 0.05) is 12.5 Å². The molecule has 0 unspecified atom stereocenters. The molecule has 2 aromatic carbocycles. The smallest absolute Gasteiger partial charge is 0.256 e. The van der Waals surface area contributed by atoms with Crippen molar-refractivity contribution in [2.24, 2.45) is 0 Å². The fourth-order valence-electron chi connectivity index (χ4n) is 1.61. The highest BCUT2D eigenvalue weighted by Gasteiger charge is 2.12. The molecular formula is C14H10Br2INO. The van der Waals surface area contributed by atoms with E-state index in [1.54, 1.807) is 6.07 Å². The normalized spacial score (nSPS) is 10.3. The van der Waals surface area contributed by atoms with Crippen LogP contribution in [0.5, 0.6) is 0 Å². The summed E-state index contributed by atoms with van der Waals surface area (Å²) in [6.07, 6.45) is 0. The molecule has 0 spiro atoms. The van der Waals surface area contributed by atoms with E-state index in [4.69, 9.17) is 0 Å². The summed E-state index contributed by atoms with van der Waals surface area (Å²) in [5.74, 6) is -0.127. The minimum atomic E-state index is -0.127. The molecule has 0 atom stereocenters. The number of rotatable bonds is 2. The Bertz CT molecular complexity index is 643. The molecule has 2 rings (SSSR count). The van der Waals surface area contributed by atoms with E-state index in [1.165, 1.54) is 0 Å². The number of amides is 1. The van der Waals surface area contributed by atoms with Gasteiger partial charge in [-0.2, -0.15) is 0 Å². The van der Waals surface area contributed by atoms with Crippen molar-refractivity contribution in [1.82, 2.24) is 0 Å². The second-order valence-electron chi connectivity index (χ2n) is 4.01. The SMILES string of the molecule is Cc1cccc(C(=O)Nc2cc(I)ccc2Br)c1Br. The molecule has 0 radical (unpaired) electrons. The Labute approximate surface area is 142 Å². The Kier molecular flexibility index (Phi) is 5.03. The van der Waals surface area contributed by atoms with Crippen LogP contribution in [0.2, 0.25) is 0 Å². The molecule has 0 aliphatic carbocycles. The quantitative estimate of drug-likeness (QED) is 0.558. The molecule has 0 aliphatic rings. The molecule has 0 aromatic heterocycles. The Morgan fingerprint density at radius 2 is 1.95 bits per heavy atom. The Hall–Kier alpha value is -0.400. The maximum absolute atomic E-state index is 12.3. The lowest BCUT2D eigenvalue weighted by Gasteiger charge is -2.10. The monoisotopic (exact) mass is 493 g/mol. The Morgan fingerprint density at radius 1 is 1.21 bits per heavy atom. The van der Waals surface area contributed by atoms with Crippen molar-refractivity contribution in [2.45, 2.75) is 6.92 Å². The third-order valence-corrected chi connectivity index (χ3v) is 5.03. The molecule has 1 N–H and O–H groups in total. The number of benzene rings is 2. The number of anilines is 1. The highest BCUT2D eigenvalue weighted by molar-refractivity contribution is 14.1. The summed E-state index contributed by atoms with van der Waals surface area (Å²) < 4.78 is 2.76. The maximum atomic E-state index is 12.3. The molecule has 1 amide bonds. The molecule has 0 aliphatic heterocycles. The summed E-state index contributed by atoms with van der Waals surface area (Å²) in [5, 5.41) is 2.91. The van der Waals surface area contributed by atoms with Gasteiger partial charge in [-0.15, -0.1) is 0 Å². The first kappa shape index (κ1) is 15.0.